The molecule has 98 valence electrons. The van der Waals surface area contributed by atoms with Gasteiger partial charge in [0.25, 0.3) is 0 Å². The Bertz CT molecular complexity index is 698. The molecule has 0 saturated carbocycles. The van der Waals surface area contributed by atoms with Crippen LogP contribution in [0.4, 0.5) is 5.69 Å². The monoisotopic (exact) mass is 261 g/mol. The molecule has 1 N–H and O–H groups in total. The lowest BCUT2D eigenvalue weighted by molar-refractivity contribution is -0.119. The second-order valence-corrected chi connectivity index (χ2v) is 4.88. The first-order chi connectivity index (χ1) is 9.79. The van der Waals surface area contributed by atoms with Crippen LogP contribution in [0.1, 0.15) is 17.5 Å². The van der Waals surface area contributed by atoms with Crippen molar-refractivity contribution < 1.29 is 4.79 Å². The Kier molecular flexibility index (Phi) is 3.02. The van der Waals surface area contributed by atoms with E-state index in [1.54, 1.807) is 0 Å². The Morgan fingerprint density at radius 1 is 1.10 bits per heavy atom. The molecular weight excluding hydrogens is 246 g/mol. The van der Waals surface area contributed by atoms with Crippen LogP contribution >= 0.6 is 0 Å². The molecule has 3 rings (SSSR count). The predicted octanol–water partition coefficient (Wildman–Crippen LogP) is 3.66. The molecule has 0 spiro atoms. The highest BCUT2D eigenvalue weighted by molar-refractivity contribution is 6.08. The van der Waals surface area contributed by atoms with Gasteiger partial charge in [0.05, 0.1) is 0 Å². The molecule has 0 bridgehead atoms. The normalized spacial score (nSPS) is 19.9. The lowest BCUT2D eigenvalue weighted by Gasteiger charge is -2.26. The highest BCUT2D eigenvalue weighted by atomic mass is 16.2. The summed E-state index contributed by atoms with van der Waals surface area (Å²) in [5, 5.41) is 2.99. The molecule has 20 heavy (non-hydrogen) atoms. The van der Waals surface area contributed by atoms with Crippen LogP contribution in [-0.2, 0) is 10.2 Å². The zero-order valence-electron chi connectivity index (χ0n) is 11.1. The van der Waals surface area contributed by atoms with Gasteiger partial charge < -0.3 is 5.32 Å². The van der Waals surface area contributed by atoms with E-state index < -0.39 is 5.41 Å². The summed E-state index contributed by atoms with van der Waals surface area (Å²) in [5.74, 6) is 0.0106. The third-order valence-electron chi connectivity index (χ3n) is 3.84. The van der Waals surface area contributed by atoms with E-state index in [0.717, 1.165) is 16.8 Å². The van der Waals surface area contributed by atoms with Crippen molar-refractivity contribution in [3.63, 3.8) is 0 Å². The smallest absolute Gasteiger partial charge is 0.239 e. The average molecular weight is 261 g/mol. The fraction of sp³-hybridized carbons (Fsp3) is 0.111. The van der Waals surface area contributed by atoms with Crippen molar-refractivity contribution in [3.8, 4) is 0 Å². The molecule has 2 heteroatoms. The number of anilines is 1. The topological polar surface area (TPSA) is 29.1 Å². The van der Waals surface area contributed by atoms with Gasteiger partial charge in [-0.1, -0.05) is 55.1 Å². The molecule has 0 aliphatic carbocycles. The molecule has 2 nitrogen and oxygen atoms in total. The minimum absolute atomic E-state index is 0.0106. The Balaban J connectivity index is 2.26. The minimum atomic E-state index is -0.678. The van der Waals surface area contributed by atoms with Crippen molar-refractivity contribution in [1.82, 2.24) is 0 Å². The van der Waals surface area contributed by atoms with Gasteiger partial charge in [0.15, 0.2) is 0 Å². The van der Waals surface area contributed by atoms with Crippen LogP contribution in [0.5, 0.6) is 0 Å². The molecule has 1 heterocycles. The Hall–Kier alpha value is -2.57. The number of para-hydroxylation sites is 1. The van der Waals surface area contributed by atoms with Crippen molar-refractivity contribution in [2.24, 2.45) is 0 Å². The minimum Gasteiger partial charge on any atom is -0.325 e. The van der Waals surface area contributed by atoms with E-state index in [1.165, 1.54) is 0 Å². The summed E-state index contributed by atoms with van der Waals surface area (Å²) < 4.78 is 0. The quantitative estimate of drug-likeness (QED) is 0.839. The molecule has 1 aliphatic rings. The van der Waals surface area contributed by atoms with E-state index in [4.69, 9.17) is 0 Å². The number of carbonyl (C=O) groups excluding carboxylic acids is 1. The van der Waals surface area contributed by atoms with Gasteiger partial charge >= 0.3 is 0 Å². The van der Waals surface area contributed by atoms with Crippen molar-refractivity contribution in [1.29, 1.82) is 0 Å². The summed E-state index contributed by atoms with van der Waals surface area (Å²) >= 11 is 0. The number of amides is 1. The van der Waals surface area contributed by atoms with Gasteiger partial charge in [-0.15, -0.1) is 5.73 Å². The van der Waals surface area contributed by atoms with Gasteiger partial charge in [0, 0.05) is 5.69 Å². The highest BCUT2D eigenvalue weighted by Crippen LogP contribution is 2.45. The van der Waals surface area contributed by atoms with Crippen LogP contribution in [0, 0.1) is 0 Å². The molecule has 0 fully saturated rings. The number of rotatable bonds is 3. The van der Waals surface area contributed by atoms with E-state index >= 15 is 0 Å². The number of carbonyl (C=O) groups is 1. The Morgan fingerprint density at radius 2 is 1.80 bits per heavy atom. The van der Waals surface area contributed by atoms with Crippen LogP contribution in [0.2, 0.25) is 0 Å². The Labute approximate surface area is 118 Å². The van der Waals surface area contributed by atoms with E-state index in [2.05, 4.69) is 17.6 Å². The first-order valence-corrected chi connectivity index (χ1v) is 6.60. The van der Waals surface area contributed by atoms with Crippen LogP contribution in [0.3, 0.4) is 0 Å². The van der Waals surface area contributed by atoms with Gasteiger partial charge in [-0.3, -0.25) is 4.79 Å². The summed E-state index contributed by atoms with van der Waals surface area (Å²) in [6.45, 7) is 3.62. The summed E-state index contributed by atoms with van der Waals surface area (Å²) in [6.07, 6.45) is 2.39. The second-order valence-electron chi connectivity index (χ2n) is 4.88. The van der Waals surface area contributed by atoms with Crippen LogP contribution < -0.4 is 5.32 Å². The van der Waals surface area contributed by atoms with Gasteiger partial charge in [-0.05, 0) is 29.7 Å². The van der Waals surface area contributed by atoms with Gasteiger partial charge in [0.2, 0.25) is 5.91 Å². The predicted molar refractivity (Wildman–Crippen MR) is 80.6 cm³/mol. The summed E-state index contributed by atoms with van der Waals surface area (Å²) in [6, 6.07) is 17.7. The first kappa shape index (κ1) is 12.5. The highest BCUT2D eigenvalue weighted by Gasteiger charge is 2.47. The van der Waals surface area contributed by atoms with Crippen LogP contribution in [0.15, 0.2) is 73.0 Å². The number of hydrogen-bond donors (Lipinski definition) is 1. The molecule has 1 atom stereocenters. The number of benzene rings is 2. The zero-order valence-corrected chi connectivity index (χ0v) is 11.1. The fourth-order valence-corrected chi connectivity index (χ4v) is 2.87. The first-order valence-electron chi connectivity index (χ1n) is 6.60. The third kappa shape index (κ3) is 1.70. The van der Waals surface area contributed by atoms with E-state index in [9.17, 15) is 4.79 Å². The fourth-order valence-electron chi connectivity index (χ4n) is 2.87. The van der Waals surface area contributed by atoms with Gasteiger partial charge in [0.1, 0.15) is 5.41 Å². The zero-order chi connectivity index (χ0) is 14.0. The van der Waals surface area contributed by atoms with Crippen LogP contribution in [-0.4, -0.2) is 5.91 Å². The number of nitrogens with one attached hydrogen (secondary N) is 1. The van der Waals surface area contributed by atoms with E-state index in [-0.39, 0.29) is 5.91 Å². The number of fused-ring (bicyclic) bond motifs is 1. The lowest BCUT2D eigenvalue weighted by Crippen LogP contribution is -2.35. The third-order valence-corrected chi connectivity index (χ3v) is 3.84. The number of allylic oxidation sites excluding steroid dienone is 1. The summed E-state index contributed by atoms with van der Waals surface area (Å²) in [7, 11) is 0. The molecule has 0 saturated heterocycles. The van der Waals surface area contributed by atoms with Crippen molar-refractivity contribution in [3.05, 3.63) is 84.1 Å². The standard InChI is InChI=1S/C18H15NO/c1-2-3-13-18(14-9-5-4-6-10-14)15-11-7-8-12-16(15)19-17(18)20/h3-12H,1,13H2,(H,19,20). The molecule has 1 unspecified atom stereocenters. The van der Waals surface area contributed by atoms with E-state index in [1.807, 2.05) is 60.7 Å². The van der Waals surface area contributed by atoms with Crippen molar-refractivity contribution in [2.45, 2.75) is 11.8 Å². The summed E-state index contributed by atoms with van der Waals surface area (Å²) in [4.78, 5) is 12.7. The molecule has 0 aromatic heterocycles. The maximum absolute atomic E-state index is 12.7. The molecule has 2 aromatic carbocycles. The molecular formula is C18H15NO. The number of hydrogen-bond acceptors (Lipinski definition) is 1. The van der Waals surface area contributed by atoms with E-state index in [0.29, 0.717) is 6.42 Å². The lowest BCUT2D eigenvalue weighted by atomic mass is 9.73. The van der Waals surface area contributed by atoms with Crippen molar-refractivity contribution in [2.75, 3.05) is 5.32 Å². The van der Waals surface area contributed by atoms with Crippen LogP contribution in [0.25, 0.3) is 0 Å². The molecule has 0 radical (unpaired) electrons. The van der Waals surface area contributed by atoms with Crippen molar-refractivity contribution >= 4 is 11.6 Å². The van der Waals surface area contributed by atoms with Gasteiger partial charge in [-0.25, -0.2) is 0 Å². The van der Waals surface area contributed by atoms with Gasteiger partial charge in [-0.2, -0.15) is 0 Å². The SMILES string of the molecule is C=C=CCC1(c2ccccc2)C(=O)Nc2ccccc21. The largest absolute Gasteiger partial charge is 0.325 e. The second kappa shape index (κ2) is 4.84. The molecule has 1 amide bonds. The molecule has 2 aromatic rings. The average Bonchev–Trinajstić information content (AvgIpc) is 2.79. The Morgan fingerprint density at radius 3 is 2.55 bits per heavy atom. The maximum atomic E-state index is 12.7. The molecule has 1 aliphatic heterocycles. The maximum Gasteiger partial charge on any atom is 0.239 e. The summed E-state index contributed by atoms with van der Waals surface area (Å²) in [5.41, 5.74) is 5.01.